The molecule has 0 radical (unpaired) electrons. The lowest BCUT2D eigenvalue weighted by Gasteiger charge is -2.08. The van der Waals surface area contributed by atoms with E-state index in [-0.39, 0.29) is 17.7 Å². The molecule has 1 fully saturated rings. The Bertz CT molecular complexity index is 1030. The number of hydrogen-bond acceptors (Lipinski definition) is 3. The molecule has 2 N–H and O–H groups in total. The third kappa shape index (κ3) is 4.21. The normalized spacial score (nSPS) is 13.2. The highest BCUT2D eigenvalue weighted by Gasteiger charge is 2.29. The fraction of sp³-hybridized carbons (Fsp3) is 0.261. The van der Waals surface area contributed by atoms with Gasteiger partial charge in [0.05, 0.1) is 11.4 Å². The van der Waals surface area contributed by atoms with Crippen molar-refractivity contribution in [1.82, 2.24) is 15.1 Å². The topological polar surface area (TPSA) is 76.0 Å². The van der Waals surface area contributed by atoms with E-state index in [9.17, 15) is 9.59 Å². The zero-order valence-electron chi connectivity index (χ0n) is 16.6. The number of benzene rings is 2. The predicted octanol–water partition coefficient (Wildman–Crippen LogP) is 3.77. The molecule has 6 heteroatoms. The molecule has 4 rings (SSSR count). The maximum absolute atomic E-state index is 12.5. The molecule has 1 aliphatic rings. The molecule has 0 bridgehead atoms. The van der Waals surface area contributed by atoms with Crippen LogP contribution in [0.25, 0.3) is 5.69 Å². The van der Waals surface area contributed by atoms with Crippen LogP contribution < -0.4 is 10.6 Å². The van der Waals surface area contributed by atoms with E-state index in [1.807, 2.05) is 48.9 Å². The highest BCUT2D eigenvalue weighted by molar-refractivity contribution is 5.96. The van der Waals surface area contributed by atoms with E-state index < -0.39 is 0 Å². The number of aryl methyl sites for hydroxylation is 1. The fourth-order valence-electron chi connectivity index (χ4n) is 3.32. The Balaban J connectivity index is 1.40. The summed E-state index contributed by atoms with van der Waals surface area (Å²) in [4.78, 5) is 24.4. The van der Waals surface area contributed by atoms with Crippen molar-refractivity contribution in [2.24, 2.45) is 5.92 Å². The van der Waals surface area contributed by atoms with Crippen LogP contribution in [0.1, 0.15) is 40.2 Å². The average molecular weight is 388 g/mol. The number of para-hydroxylation sites is 1. The standard InChI is InChI=1S/C23H24N4O2/c1-15-21(16(2)27(26-15)20-6-4-3-5-7-20)14-24-22(28)17-10-12-19(13-11-17)25-23(29)18-8-9-18/h3-7,10-13,18H,8-9,14H2,1-2H3,(H,24,28)(H,25,29). The van der Waals surface area contributed by atoms with Gasteiger partial charge in [-0.25, -0.2) is 4.68 Å². The molecule has 0 saturated heterocycles. The lowest BCUT2D eigenvalue weighted by atomic mass is 10.1. The summed E-state index contributed by atoms with van der Waals surface area (Å²) in [6, 6.07) is 16.9. The highest BCUT2D eigenvalue weighted by atomic mass is 16.2. The SMILES string of the molecule is Cc1nn(-c2ccccc2)c(C)c1CNC(=O)c1ccc(NC(=O)C2CC2)cc1. The minimum Gasteiger partial charge on any atom is -0.348 e. The van der Waals surface area contributed by atoms with Crippen LogP contribution in [0.15, 0.2) is 54.6 Å². The van der Waals surface area contributed by atoms with Crippen molar-refractivity contribution in [3.05, 3.63) is 77.1 Å². The van der Waals surface area contributed by atoms with E-state index in [0.717, 1.165) is 35.5 Å². The molecule has 2 amide bonds. The van der Waals surface area contributed by atoms with Crippen LogP contribution in [0.2, 0.25) is 0 Å². The van der Waals surface area contributed by atoms with Gasteiger partial charge in [-0.2, -0.15) is 5.10 Å². The van der Waals surface area contributed by atoms with Gasteiger partial charge in [-0.3, -0.25) is 9.59 Å². The molecule has 1 saturated carbocycles. The van der Waals surface area contributed by atoms with Crippen molar-refractivity contribution in [2.75, 3.05) is 5.32 Å². The van der Waals surface area contributed by atoms with E-state index in [1.165, 1.54) is 0 Å². The summed E-state index contributed by atoms with van der Waals surface area (Å²) < 4.78 is 1.90. The van der Waals surface area contributed by atoms with Gasteiger partial charge in [0, 0.05) is 35.0 Å². The molecule has 1 heterocycles. The third-order valence-electron chi connectivity index (χ3n) is 5.23. The molecular weight excluding hydrogens is 364 g/mol. The summed E-state index contributed by atoms with van der Waals surface area (Å²) in [6.45, 7) is 4.36. The van der Waals surface area contributed by atoms with Crippen LogP contribution in [0.4, 0.5) is 5.69 Å². The van der Waals surface area contributed by atoms with Crippen LogP contribution >= 0.6 is 0 Å². The van der Waals surface area contributed by atoms with Crippen LogP contribution in [0.3, 0.4) is 0 Å². The predicted molar refractivity (Wildman–Crippen MR) is 112 cm³/mol. The number of nitrogens with zero attached hydrogens (tertiary/aromatic N) is 2. The number of carbonyl (C=O) groups excluding carboxylic acids is 2. The molecule has 148 valence electrons. The number of amides is 2. The largest absolute Gasteiger partial charge is 0.348 e. The van der Waals surface area contributed by atoms with Crippen molar-refractivity contribution in [3.8, 4) is 5.69 Å². The number of carbonyl (C=O) groups is 2. The minimum atomic E-state index is -0.156. The minimum absolute atomic E-state index is 0.0589. The molecule has 3 aromatic rings. The van der Waals surface area contributed by atoms with Crippen molar-refractivity contribution < 1.29 is 9.59 Å². The van der Waals surface area contributed by atoms with Crippen molar-refractivity contribution in [2.45, 2.75) is 33.2 Å². The quantitative estimate of drug-likeness (QED) is 0.675. The summed E-state index contributed by atoms with van der Waals surface area (Å²) in [5, 5.41) is 10.5. The van der Waals surface area contributed by atoms with E-state index >= 15 is 0 Å². The zero-order valence-corrected chi connectivity index (χ0v) is 16.6. The number of aromatic nitrogens is 2. The van der Waals surface area contributed by atoms with Crippen molar-refractivity contribution >= 4 is 17.5 Å². The van der Waals surface area contributed by atoms with Gasteiger partial charge in [0.15, 0.2) is 0 Å². The Labute approximate surface area is 169 Å². The molecule has 29 heavy (non-hydrogen) atoms. The van der Waals surface area contributed by atoms with Gasteiger partial charge < -0.3 is 10.6 Å². The van der Waals surface area contributed by atoms with Gasteiger partial charge in [-0.1, -0.05) is 18.2 Å². The van der Waals surface area contributed by atoms with Crippen LogP contribution in [-0.2, 0) is 11.3 Å². The third-order valence-corrected chi connectivity index (χ3v) is 5.23. The first-order valence-corrected chi connectivity index (χ1v) is 9.82. The summed E-state index contributed by atoms with van der Waals surface area (Å²) >= 11 is 0. The van der Waals surface area contributed by atoms with E-state index in [0.29, 0.717) is 17.8 Å². The number of hydrogen-bond donors (Lipinski definition) is 2. The van der Waals surface area contributed by atoms with Crippen LogP contribution in [0, 0.1) is 19.8 Å². The highest BCUT2D eigenvalue weighted by Crippen LogP contribution is 2.30. The number of nitrogens with one attached hydrogen (secondary N) is 2. The lowest BCUT2D eigenvalue weighted by Crippen LogP contribution is -2.23. The van der Waals surface area contributed by atoms with Crippen LogP contribution in [0.5, 0.6) is 0 Å². The van der Waals surface area contributed by atoms with Gasteiger partial charge in [0.25, 0.3) is 5.91 Å². The molecular formula is C23H24N4O2. The molecule has 0 spiro atoms. The first-order valence-electron chi connectivity index (χ1n) is 9.82. The molecule has 1 aliphatic carbocycles. The van der Waals surface area contributed by atoms with Gasteiger partial charge in [0.1, 0.15) is 0 Å². The molecule has 1 aromatic heterocycles. The Morgan fingerprint density at radius 3 is 2.38 bits per heavy atom. The second kappa shape index (κ2) is 7.91. The van der Waals surface area contributed by atoms with Gasteiger partial charge in [0.2, 0.25) is 5.91 Å². The molecule has 0 atom stereocenters. The first kappa shape index (κ1) is 18.9. The Morgan fingerprint density at radius 2 is 1.72 bits per heavy atom. The average Bonchev–Trinajstić information content (AvgIpc) is 3.54. The second-order valence-corrected chi connectivity index (χ2v) is 7.42. The lowest BCUT2D eigenvalue weighted by molar-refractivity contribution is -0.117. The fourth-order valence-corrected chi connectivity index (χ4v) is 3.32. The maximum Gasteiger partial charge on any atom is 0.251 e. The smallest absolute Gasteiger partial charge is 0.251 e. The van der Waals surface area contributed by atoms with Crippen LogP contribution in [-0.4, -0.2) is 21.6 Å². The van der Waals surface area contributed by atoms with E-state index in [1.54, 1.807) is 24.3 Å². The number of rotatable bonds is 6. The summed E-state index contributed by atoms with van der Waals surface area (Å²) in [5.74, 6) is 0.0566. The Kier molecular flexibility index (Phi) is 5.16. The molecule has 0 aliphatic heterocycles. The summed E-state index contributed by atoms with van der Waals surface area (Å²) in [6.07, 6.45) is 1.93. The first-order chi connectivity index (χ1) is 14.0. The summed E-state index contributed by atoms with van der Waals surface area (Å²) in [7, 11) is 0. The zero-order chi connectivity index (χ0) is 20.4. The van der Waals surface area contributed by atoms with Gasteiger partial charge in [-0.15, -0.1) is 0 Å². The maximum atomic E-state index is 12.5. The van der Waals surface area contributed by atoms with Crippen molar-refractivity contribution in [3.63, 3.8) is 0 Å². The molecule has 0 unspecified atom stereocenters. The second-order valence-electron chi connectivity index (χ2n) is 7.42. The monoisotopic (exact) mass is 388 g/mol. The molecule has 6 nitrogen and oxygen atoms in total. The summed E-state index contributed by atoms with van der Waals surface area (Å²) in [5.41, 5.74) is 5.18. The Hall–Kier alpha value is -3.41. The van der Waals surface area contributed by atoms with E-state index in [4.69, 9.17) is 0 Å². The Morgan fingerprint density at radius 1 is 1.03 bits per heavy atom. The number of anilines is 1. The van der Waals surface area contributed by atoms with Crippen molar-refractivity contribution in [1.29, 1.82) is 0 Å². The van der Waals surface area contributed by atoms with E-state index in [2.05, 4.69) is 15.7 Å². The van der Waals surface area contributed by atoms with Gasteiger partial charge >= 0.3 is 0 Å². The molecule has 2 aromatic carbocycles. The van der Waals surface area contributed by atoms with Gasteiger partial charge in [-0.05, 0) is 63.1 Å².